The Kier molecular flexibility index (Phi) is 3.97. The second-order valence-corrected chi connectivity index (χ2v) is 4.83. The summed E-state index contributed by atoms with van der Waals surface area (Å²) < 4.78 is 5.16. The molecule has 0 saturated carbocycles. The first kappa shape index (κ1) is 12.3. The number of hydrogen-bond donors (Lipinski definition) is 1. The summed E-state index contributed by atoms with van der Waals surface area (Å²) in [5.74, 6) is 2.09. The number of benzene rings is 1. The molecule has 0 fully saturated rings. The average molecular weight is 269 g/mol. The fourth-order valence-corrected chi connectivity index (χ4v) is 2.36. The van der Waals surface area contributed by atoms with Crippen molar-refractivity contribution in [3.8, 4) is 5.75 Å². The molecule has 0 unspecified atom stereocenters. The molecule has 1 aromatic heterocycles. The van der Waals surface area contributed by atoms with Crippen molar-refractivity contribution in [3.05, 3.63) is 30.4 Å². The highest BCUT2D eigenvalue weighted by Crippen LogP contribution is 2.24. The largest absolute Gasteiger partial charge is 0.497 e. The van der Waals surface area contributed by atoms with Crippen LogP contribution < -0.4 is 4.74 Å². The Labute approximate surface area is 109 Å². The minimum atomic E-state index is 0.487. The van der Waals surface area contributed by atoms with E-state index in [9.17, 15) is 0 Å². The lowest BCUT2D eigenvalue weighted by molar-refractivity contribution is 0.415. The molecule has 1 N–H and O–H groups in total. The fraction of sp³-hybridized carbons (Fsp3) is 0.250. The van der Waals surface area contributed by atoms with Gasteiger partial charge in [-0.1, -0.05) is 23.9 Å². The van der Waals surface area contributed by atoms with Gasteiger partial charge in [0.05, 0.1) is 18.1 Å². The van der Waals surface area contributed by atoms with E-state index in [-0.39, 0.29) is 0 Å². The molecule has 2 aromatic rings. The zero-order chi connectivity index (χ0) is 12.3. The number of imidazole rings is 1. The van der Waals surface area contributed by atoms with Gasteiger partial charge in [0, 0.05) is 17.7 Å². The molecule has 5 heteroatoms. The number of rotatable bonds is 5. The molecule has 0 aliphatic carbocycles. The minimum absolute atomic E-state index is 0.487. The van der Waals surface area contributed by atoms with Gasteiger partial charge in [-0.25, -0.2) is 4.98 Å². The Bertz CT molecular complexity index is 538. The van der Waals surface area contributed by atoms with Gasteiger partial charge in [-0.05, 0) is 12.1 Å². The molecule has 90 valence electrons. The van der Waals surface area contributed by atoms with Crippen molar-refractivity contribution in [1.82, 2.24) is 9.97 Å². The number of alkyl halides is 1. The van der Waals surface area contributed by atoms with E-state index in [2.05, 4.69) is 16.5 Å². The van der Waals surface area contributed by atoms with E-state index in [1.807, 2.05) is 18.2 Å². The summed E-state index contributed by atoms with van der Waals surface area (Å²) in [6.45, 7) is 3.86. The number of fused-ring (bicyclic) bond motifs is 1. The maximum atomic E-state index is 5.68. The van der Waals surface area contributed by atoms with Crippen LogP contribution in [0.3, 0.4) is 0 Å². The predicted molar refractivity (Wildman–Crippen MR) is 73.2 cm³/mol. The standard InChI is InChI=1S/C12H13ClN2OS/c1-8(6-13)7-17-12-14-10-4-3-9(16-2)5-11(10)15-12/h3-5H,1,6-7H2,2H3,(H,14,15). The zero-order valence-electron chi connectivity index (χ0n) is 9.50. The van der Waals surface area contributed by atoms with Crippen molar-refractivity contribution in [2.45, 2.75) is 5.16 Å². The Balaban J connectivity index is 2.17. The van der Waals surface area contributed by atoms with Gasteiger partial charge >= 0.3 is 0 Å². The van der Waals surface area contributed by atoms with E-state index >= 15 is 0 Å². The number of H-pyrrole nitrogens is 1. The molecule has 0 aliphatic rings. The third kappa shape index (κ3) is 2.96. The monoisotopic (exact) mass is 268 g/mol. The van der Waals surface area contributed by atoms with Gasteiger partial charge in [-0.2, -0.15) is 0 Å². The predicted octanol–water partition coefficient (Wildman–Crippen LogP) is 3.46. The topological polar surface area (TPSA) is 37.9 Å². The quantitative estimate of drug-likeness (QED) is 0.513. The number of aromatic amines is 1. The third-order valence-electron chi connectivity index (χ3n) is 2.27. The number of halogens is 1. The summed E-state index contributed by atoms with van der Waals surface area (Å²) in [5.41, 5.74) is 2.91. The van der Waals surface area contributed by atoms with Crippen LogP contribution in [0.5, 0.6) is 5.75 Å². The van der Waals surface area contributed by atoms with E-state index < -0.39 is 0 Å². The molecule has 0 spiro atoms. The first-order chi connectivity index (χ1) is 8.22. The molecule has 1 aromatic carbocycles. The fourth-order valence-electron chi connectivity index (χ4n) is 1.37. The maximum Gasteiger partial charge on any atom is 0.166 e. The van der Waals surface area contributed by atoms with E-state index in [1.54, 1.807) is 18.9 Å². The lowest BCUT2D eigenvalue weighted by Gasteiger charge is -1.97. The van der Waals surface area contributed by atoms with Crippen LogP contribution in [0.1, 0.15) is 0 Å². The van der Waals surface area contributed by atoms with Crippen LogP contribution in [0.25, 0.3) is 11.0 Å². The molecule has 0 bridgehead atoms. The van der Waals surface area contributed by atoms with Gasteiger partial charge in [0.1, 0.15) is 5.75 Å². The molecular formula is C12H13ClN2OS. The first-order valence-electron chi connectivity index (χ1n) is 5.12. The number of ether oxygens (including phenoxy) is 1. The molecule has 17 heavy (non-hydrogen) atoms. The molecule has 2 rings (SSSR count). The summed E-state index contributed by atoms with van der Waals surface area (Å²) in [6, 6.07) is 5.77. The van der Waals surface area contributed by atoms with Crippen LogP contribution in [-0.2, 0) is 0 Å². The molecule has 0 radical (unpaired) electrons. The minimum Gasteiger partial charge on any atom is -0.497 e. The zero-order valence-corrected chi connectivity index (χ0v) is 11.1. The van der Waals surface area contributed by atoms with Gasteiger partial charge in [0.25, 0.3) is 0 Å². The highest BCUT2D eigenvalue weighted by atomic mass is 35.5. The van der Waals surface area contributed by atoms with Crippen molar-refractivity contribution in [2.75, 3.05) is 18.7 Å². The van der Waals surface area contributed by atoms with Gasteiger partial charge < -0.3 is 9.72 Å². The number of nitrogens with one attached hydrogen (secondary N) is 1. The Morgan fingerprint density at radius 2 is 2.41 bits per heavy atom. The van der Waals surface area contributed by atoms with Crippen molar-refractivity contribution < 1.29 is 4.74 Å². The smallest absolute Gasteiger partial charge is 0.166 e. The Morgan fingerprint density at radius 1 is 1.59 bits per heavy atom. The van der Waals surface area contributed by atoms with Crippen molar-refractivity contribution in [2.24, 2.45) is 0 Å². The number of thioether (sulfide) groups is 1. The SMILES string of the molecule is C=C(CCl)CSc1nc2ccc(OC)cc2[nH]1. The van der Waals surface area contributed by atoms with E-state index in [1.165, 1.54) is 0 Å². The molecule has 0 aliphatic heterocycles. The lowest BCUT2D eigenvalue weighted by atomic mass is 10.3. The molecule has 0 atom stereocenters. The van der Waals surface area contributed by atoms with E-state index in [0.29, 0.717) is 5.88 Å². The second-order valence-electron chi connectivity index (χ2n) is 3.60. The summed E-state index contributed by atoms with van der Waals surface area (Å²) >= 11 is 7.28. The van der Waals surface area contributed by atoms with Crippen LogP contribution in [0.4, 0.5) is 0 Å². The van der Waals surface area contributed by atoms with Gasteiger partial charge in [0.15, 0.2) is 5.16 Å². The summed E-state index contributed by atoms with van der Waals surface area (Å²) in [5, 5.41) is 0.875. The second kappa shape index (κ2) is 5.47. The normalized spacial score (nSPS) is 10.7. The molecule has 1 heterocycles. The van der Waals surface area contributed by atoms with Gasteiger partial charge in [-0.15, -0.1) is 11.6 Å². The van der Waals surface area contributed by atoms with Crippen LogP contribution in [0.15, 0.2) is 35.5 Å². The summed E-state index contributed by atoms with van der Waals surface area (Å²) in [4.78, 5) is 7.70. The van der Waals surface area contributed by atoms with Crippen LogP contribution in [-0.4, -0.2) is 28.7 Å². The van der Waals surface area contributed by atoms with Crippen LogP contribution in [0.2, 0.25) is 0 Å². The molecule has 3 nitrogen and oxygen atoms in total. The summed E-state index contributed by atoms with van der Waals surface area (Å²) in [7, 11) is 1.65. The van der Waals surface area contributed by atoms with Crippen LogP contribution >= 0.6 is 23.4 Å². The molecular weight excluding hydrogens is 256 g/mol. The number of aromatic nitrogens is 2. The average Bonchev–Trinajstić information content (AvgIpc) is 2.77. The summed E-state index contributed by atoms with van der Waals surface area (Å²) in [6.07, 6.45) is 0. The van der Waals surface area contributed by atoms with E-state index in [0.717, 1.165) is 33.3 Å². The van der Waals surface area contributed by atoms with Gasteiger partial charge in [-0.3, -0.25) is 0 Å². The van der Waals surface area contributed by atoms with E-state index in [4.69, 9.17) is 16.3 Å². The van der Waals surface area contributed by atoms with Crippen molar-refractivity contribution >= 4 is 34.4 Å². The molecule has 0 saturated heterocycles. The number of methoxy groups -OCH3 is 1. The maximum absolute atomic E-state index is 5.68. The number of nitrogens with zero attached hydrogens (tertiary/aromatic N) is 1. The van der Waals surface area contributed by atoms with Crippen molar-refractivity contribution in [3.63, 3.8) is 0 Å². The number of hydrogen-bond acceptors (Lipinski definition) is 3. The lowest BCUT2D eigenvalue weighted by Crippen LogP contribution is -1.87. The van der Waals surface area contributed by atoms with Crippen LogP contribution in [0, 0.1) is 0 Å². The Hall–Kier alpha value is -1.13. The van der Waals surface area contributed by atoms with Crippen molar-refractivity contribution in [1.29, 1.82) is 0 Å². The Morgan fingerprint density at radius 3 is 3.12 bits per heavy atom. The van der Waals surface area contributed by atoms with Gasteiger partial charge in [0.2, 0.25) is 0 Å². The highest BCUT2D eigenvalue weighted by molar-refractivity contribution is 7.99. The third-order valence-corrected chi connectivity index (χ3v) is 3.67. The molecule has 0 amide bonds. The highest BCUT2D eigenvalue weighted by Gasteiger charge is 2.05. The first-order valence-corrected chi connectivity index (χ1v) is 6.64.